The van der Waals surface area contributed by atoms with E-state index in [0.717, 1.165) is 21.0 Å². The van der Waals surface area contributed by atoms with E-state index in [1.807, 2.05) is 77.1 Å². The van der Waals surface area contributed by atoms with Crippen LogP contribution in [0.1, 0.15) is 48.1 Å². The van der Waals surface area contributed by atoms with E-state index in [9.17, 15) is 18.0 Å². The van der Waals surface area contributed by atoms with Crippen LogP contribution < -0.4 is 9.62 Å². The second-order valence-corrected chi connectivity index (χ2v) is 14.6. The van der Waals surface area contributed by atoms with Gasteiger partial charge in [-0.3, -0.25) is 13.9 Å². The number of carbonyl (C=O) groups excluding carboxylic acids is 2. The van der Waals surface area contributed by atoms with Crippen LogP contribution >= 0.6 is 23.2 Å². The molecule has 0 aliphatic rings. The van der Waals surface area contributed by atoms with Crippen molar-refractivity contribution in [1.29, 1.82) is 0 Å². The average Bonchev–Trinajstić information content (AvgIpc) is 3.04. The number of hydrogen-bond acceptors (Lipinski definition) is 4. The summed E-state index contributed by atoms with van der Waals surface area (Å²) in [6, 6.07) is 25.4. The Bertz CT molecular complexity index is 1820. The van der Waals surface area contributed by atoms with Crippen molar-refractivity contribution in [3.63, 3.8) is 0 Å². The first-order valence-corrected chi connectivity index (χ1v) is 17.7. The number of amides is 2. The lowest BCUT2D eigenvalue weighted by molar-refractivity contribution is -0.140. The van der Waals surface area contributed by atoms with Gasteiger partial charge in [-0.15, -0.1) is 0 Å². The van der Waals surface area contributed by atoms with E-state index in [0.29, 0.717) is 33.3 Å². The molecule has 248 valence electrons. The Balaban J connectivity index is 1.85. The van der Waals surface area contributed by atoms with Gasteiger partial charge in [-0.25, -0.2) is 8.42 Å². The van der Waals surface area contributed by atoms with E-state index in [1.165, 1.54) is 4.90 Å². The minimum absolute atomic E-state index is 0.00757. The maximum Gasteiger partial charge on any atom is 0.264 e. The summed E-state index contributed by atoms with van der Waals surface area (Å²) in [4.78, 5) is 30.2. The molecule has 0 unspecified atom stereocenters. The van der Waals surface area contributed by atoms with Gasteiger partial charge in [-0.05, 0) is 86.7 Å². The van der Waals surface area contributed by atoms with Crippen LogP contribution in [0.2, 0.25) is 10.0 Å². The Morgan fingerprint density at radius 1 is 0.809 bits per heavy atom. The molecule has 2 amide bonds. The van der Waals surface area contributed by atoms with Crippen LogP contribution in [0.5, 0.6) is 0 Å². The predicted molar refractivity (Wildman–Crippen MR) is 190 cm³/mol. The zero-order valence-electron chi connectivity index (χ0n) is 27.3. The van der Waals surface area contributed by atoms with Crippen molar-refractivity contribution < 1.29 is 18.0 Å². The second-order valence-electron chi connectivity index (χ2n) is 11.9. The summed E-state index contributed by atoms with van der Waals surface area (Å²) in [6.07, 6.45) is 0.907. The summed E-state index contributed by atoms with van der Waals surface area (Å²) in [7, 11) is -4.20. The van der Waals surface area contributed by atoms with E-state index in [4.69, 9.17) is 23.2 Å². The summed E-state index contributed by atoms with van der Waals surface area (Å²) in [5, 5.41) is 3.70. The summed E-state index contributed by atoms with van der Waals surface area (Å²) < 4.78 is 29.8. The van der Waals surface area contributed by atoms with Crippen LogP contribution in [0.15, 0.2) is 95.9 Å². The van der Waals surface area contributed by atoms with Crippen LogP contribution in [0.25, 0.3) is 0 Å². The maximum atomic E-state index is 14.7. The van der Waals surface area contributed by atoms with Crippen molar-refractivity contribution in [2.45, 2.75) is 71.0 Å². The Kier molecular flexibility index (Phi) is 12.1. The maximum absolute atomic E-state index is 14.7. The molecular formula is C37H41Cl2N3O4S. The molecule has 7 nitrogen and oxygen atoms in total. The molecule has 1 N–H and O–H groups in total. The molecule has 0 aliphatic heterocycles. The normalized spacial score (nSPS) is 12.7. The number of hydrogen-bond donors (Lipinski definition) is 1. The van der Waals surface area contributed by atoms with Crippen LogP contribution in [-0.4, -0.2) is 43.8 Å². The molecule has 0 spiro atoms. The molecule has 0 radical (unpaired) electrons. The van der Waals surface area contributed by atoms with Gasteiger partial charge >= 0.3 is 0 Å². The Morgan fingerprint density at radius 2 is 1.47 bits per heavy atom. The van der Waals surface area contributed by atoms with Crippen molar-refractivity contribution in [2.24, 2.45) is 0 Å². The van der Waals surface area contributed by atoms with Gasteiger partial charge in [-0.2, -0.15) is 0 Å². The Morgan fingerprint density at radius 3 is 2.11 bits per heavy atom. The van der Waals surface area contributed by atoms with Crippen molar-refractivity contribution in [2.75, 3.05) is 10.8 Å². The molecule has 4 rings (SSSR count). The number of sulfonamides is 1. The minimum Gasteiger partial charge on any atom is -0.352 e. The zero-order chi connectivity index (χ0) is 34.3. The van der Waals surface area contributed by atoms with Crippen molar-refractivity contribution in [3.05, 3.63) is 129 Å². The van der Waals surface area contributed by atoms with Gasteiger partial charge < -0.3 is 10.2 Å². The van der Waals surface area contributed by atoms with Crippen molar-refractivity contribution >= 4 is 50.7 Å². The molecule has 4 aromatic carbocycles. The molecule has 0 heterocycles. The van der Waals surface area contributed by atoms with E-state index in [1.54, 1.807) is 48.5 Å². The van der Waals surface area contributed by atoms with Gasteiger partial charge in [-0.1, -0.05) is 96.4 Å². The second kappa shape index (κ2) is 15.8. The molecule has 0 fully saturated rings. The zero-order valence-corrected chi connectivity index (χ0v) is 29.7. The summed E-state index contributed by atoms with van der Waals surface area (Å²) in [6.45, 7) is 8.87. The monoisotopic (exact) mass is 693 g/mol. The fraction of sp³-hybridized carbons (Fsp3) is 0.297. The third-order valence-corrected chi connectivity index (χ3v) is 10.6. The average molecular weight is 695 g/mol. The highest BCUT2D eigenvalue weighted by Gasteiger charge is 2.35. The predicted octanol–water partition coefficient (Wildman–Crippen LogP) is 7.67. The van der Waals surface area contributed by atoms with E-state index in [2.05, 4.69) is 5.32 Å². The first kappa shape index (κ1) is 36.0. The van der Waals surface area contributed by atoms with Crippen LogP contribution in [0, 0.1) is 20.8 Å². The quantitative estimate of drug-likeness (QED) is 0.156. The molecule has 4 aromatic rings. The summed E-state index contributed by atoms with van der Waals surface area (Å²) >= 11 is 12.6. The van der Waals surface area contributed by atoms with E-state index >= 15 is 0 Å². The van der Waals surface area contributed by atoms with E-state index in [-0.39, 0.29) is 29.8 Å². The summed E-state index contributed by atoms with van der Waals surface area (Å²) in [5.41, 5.74) is 4.30. The lowest BCUT2D eigenvalue weighted by atomic mass is 10.0. The third kappa shape index (κ3) is 9.15. The molecule has 2 atom stereocenters. The number of aryl methyl sites for hydroxylation is 3. The first-order valence-electron chi connectivity index (χ1n) is 15.5. The number of benzene rings is 4. The number of nitrogens with zero attached hydrogens (tertiary/aromatic N) is 2. The highest BCUT2D eigenvalue weighted by Crippen LogP contribution is 2.30. The number of carbonyl (C=O) groups is 2. The highest BCUT2D eigenvalue weighted by molar-refractivity contribution is 7.92. The topological polar surface area (TPSA) is 86.8 Å². The van der Waals surface area contributed by atoms with Crippen LogP contribution in [-0.2, 0) is 32.6 Å². The van der Waals surface area contributed by atoms with Gasteiger partial charge in [0.25, 0.3) is 10.0 Å². The molecule has 0 saturated heterocycles. The minimum atomic E-state index is -4.20. The standard InChI is InChI=1S/C37H41Cl2N3O4S/c1-6-28(5)40-37(44)35(22-29-10-8-7-9-11-29)41(23-30-16-19-32(38)33(39)21-30)36(43)24-42(34-20-26(3)12-15-27(34)4)47(45,46)31-17-13-25(2)14-18-31/h7-21,28,35H,6,22-24H2,1-5H3,(H,40,44)/t28-,35+/m1/s1. The highest BCUT2D eigenvalue weighted by atomic mass is 35.5. The Labute approximate surface area is 288 Å². The SMILES string of the molecule is CC[C@@H](C)NC(=O)[C@H](Cc1ccccc1)N(Cc1ccc(Cl)c(Cl)c1)C(=O)CN(c1cc(C)ccc1C)S(=O)(=O)c1ccc(C)cc1. The number of halogens is 2. The fourth-order valence-electron chi connectivity index (χ4n) is 5.17. The van der Waals surface area contributed by atoms with Crippen molar-refractivity contribution in [1.82, 2.24) is 10.2 Å². The molecule has 10 heteroatoms. The molecule has 0 aromatic heterocycles. The van der Waals surface area contributed by atoms with Crippen LogP contribution in [0.3, 0.4) is 0 Å². The van der Waals surface area contributed by atoms with Gasteiger partial charge in [0, 0.05) is 19.0 Å². The van der Waals surface area contributed by atoms with Crippen molar-refractivity contribution in [3.8, 4) is 0 Å². The van der Waals surface area contributed by atoms with Gasteiger partial charge in [0.05, 0.1) is 20.6 Å². The van der Waals surface area contributed by atoms with Crippen LogP contribution in [0.4, 0.5) is 5.69 Å². The third-order valence-electron chi connectivity index (χ3n) is 8.13. The van der Waals surface area contributed by atoms with Gasteiger partial charge in [0.1, 0.15) is 12.6 Å². The number of rotatable bonds is 13. The fourth-order valence-corrected chi connectivity index (χ4v) is 6.96. The molecular weight excluding hydrogens is 653 g/mol. The lowest BCUT2D eigenvalue weighted by Gasteiger charge is -2.34. The van der Waals surface area contributed by atoms with Gasteiger partial charge in [0.15, 0.2) is 0 Å². The van der Waals surface area contributed by atoms with E-state index < -0.39 is 28.5 Å². The smallest absolute Gasteiger partial charge is 0.264 e. The lowest BCUT2D eigenvalue weighted by Crippen LogP contribution is -2.54. The number of nitrogens with one attached hydrogen (secondary N) is 1. The Hall–Kier alpha value is -3.85. The number of anilines is 1. The molecule has 47 heavy (non-hydrogen) atoms. The molecule has 0 saturated carbocycles. The largest absolute Gasteiger partial charge is 0.352 e. The summed E-state index contributed by atoms with van der Waals surface area (Å²) in [5.74, 6) is -0.885. The molecule has 0 bridgehead atoms. The molecule has 0 aliphatic carbocycles. The first-order chi connectivity index (χ1) is 22.3. The van der Waals surface area contributed by atoms with Gasteiger partial charge in [0.2, 0.25) is 11.8 Å².